The Morgan fingerprint density at radius 1 is 1.21 bits per heavy atom. The minimum Gasteiger partial charge on any atom is -0.468 e. The van der Waals surface area contributed by atoms with Crippen LogP contribution in [0, 0.1) is 11.6 Å². The number of halogens is 2. The number of rotatable bonds is 8. The van der Waals surface area contributed by atoms with Crippen molar-refractivity contribution in [2.45, 2.75) is 31.3 Å². The van der Waals surface area contributed by atoms with Gasteiger partial charge in [0.05, 0.1) is 25.5 Å². The van der Waals surface area contributed by atoms with Crippen molar-refractivity contribution in [2.75, 3.05) is 7.11 Å². The van der Waals surface area contributed by atoms with E-state index < -0.39 is 47.3 Å². The van der Waals surface area contributed by atoms with Gasteiger partial charge >= 0.3 is 5.97 Å². The Morgan fingerprint density at radius 2 is 1.86 bits per heavy atom. The number of nitrogens with two attached hydrogens (primary N) is 1. The predicted molar refractivity (Wildman–Crippen MR) is 99.7 cm³/mol. The number of ether oxygens (including phenoxy) is 1. The molecule has 28 heavy (non-hydrogen) atoms. The van der Waals surface area contributed by atoms with Crippen LogP contribution in [0.25, 0.3) is 0 Å². The largest absolute Gasteiger partial charge is 0.468 e. The van der Waals surface area contributed by atoms with Crippen LogP contribution in [0.4, 0.5) is 8.78 Å². The number of carbonyl (C=O) groups excluding carboxylic acids is 3. The quantitative estimate of drug-likeness (QED) is 0.648. The van der Waals surface area contributed by atoms with E-state index in [0.717, 1.165) is 12.1 Å². The number of hydrogen-bond donors (Lipinski definition) is 2. The van der Waals surface area contributed by atoms with E-state index in [-0.39, 0.29) is 12.0 Å². The Bertz CT molecular complexity index is 837. The molecule has 2 unspecified atom stereocenters. The standard InChI is InChI=1S/C19H20F2N2O4S/c1-10(23-15(24)8-11-6-12(20)9-13(21)7-11)18(25)16(14-4-3-5-28-14)17(22)19(26)27-2/h3-7,9-10,16-17H,8,22H2,1-2H3,(H,23,24)/t10-,16?,17?/m0/s1. The zero-order chi connectivity index (χ0) is 20.8. The van der Waals surface area contributed by atoms with E-state index in [1.807, 2.05) is 0 Å². The SMILES string of the molecule is COC(=O)C(N)C(C(=O)[C@H](C)NC(=O)Cc1cc(F)cc(F)c1)c1cccs1. The fourth-order valence-corrected chi connectivity index (χ4v) is 3.65. The van der Waals surface area contributed by atoms with Crippen LogP contribution in [-0.4, -0.2) is 36.9 Å². The minimum atomic E-state index is -1.23. The summed E-state index contributed by atoms with van der Waals surface area (Å²) >= 11 is 1.25. The number of Topliss-reactive ketones (excluding diaryl/α,β-unsaturated/α-hetero) is 1. The van der Waals surface area contributed by atoms with E-state index in [4.69, 9.17) is 5.73 Å². The summed E-state index contributed by atoms with van der Waals surface area (Å²) < 4.78 is 31.1. The molecule has 3 atom stereocenters. The summed E-state index contributed by atoms with van der Waals surface area (Å²) in [5.41, 5.74) is 6.04. The highest BCUT2D eigenvalue weighted by Gasteiger charge is 2.36. The van der Waals surface area contributed by atoms with Gasteiger partial charge in [0.25, 0.3) is 0 Å². The number of esters is 1. The summed E-state index contributed by atoms with van der Waals surface area (Å²) in [4.78, 5) is 37.5. The summed E-state index contributed by atoms with van der Waals surface area (Å²) in [5, 5.41) is 4.22. The van der Waals surface area contributed by atoms with Gasteiger partial charge in [0.2, 0.25) is 5.91 Å². The monoisotopic (exact) mass is 410 g/mol. The fraction of sp³-hybridized carbons (Fsp3) is 0.316. The number of thiophene rings is 1. The Morgan fingerprint density at radius 3 is 2.39 bits per heavy atom. The number of amides is 1. The normalized spacial score (nSPS) is 14.0. The number of benzene rings is 1. The molecule has 0 aliphatic carbocycles. The van der Waals surface area contributed by atoms with Crippen LogP contribution in [0.3, 0.4) is 0 Å². The number of methoxy groups -OCH3 is 1. The fourth-order valence-electron chi connectivity index (χ4n) is 2.77. The molecule has 150 valence electrons. The topological polar surface area (TPSA) is 98.5 Å². The van der Waals surface area contributed by atoms with Gasteiger partial charge in [0, 0.05) is 10.9 Å². The van der Waals surface area contributed by atoms with E-state index in [0.29, 0.717) is 10.9 Å². The Kier molecular flexibility index (Phi) is 7.36. The van der Waals surface area contributed by atoms with Crippen LogP contribution in [0.15, 0.2) is 35.7 Å². The van der Waals surface area contributed by atoms with Crippen molar-refractivity contribution in [3.8, 4) is 0 Å². The zero-order valence-corrected chi connectivity index (χ0v) is 16.1. The second-order valence-corrected chi connectivity index (χ2v) is 7.17. The molecule has 2 rings (SSSR count). The molecule has 1 amide bonds. The van der Waals surface area contributed by atoms with Crippen molar-refractivity contribution < 1.29 is 27.9 Å². The molecule has 0 radical (unpaired) electrons. The summed E-state index contributed by atoms with van der Waals surface area (Å²) in [6.45, 7) is 1.46. The molecule has 3 N–H and O–H groups in total. The van der Waals surface area contributed by atoms with Crippen molar-refractivity contribution in [3.05, 3.63) is 57.8 Å². The van der Waals surface area contributed by atoms with Crippen molar-refractivity contribution in [3.63, 3.8) is 0 Å². The number of hydrogen-bond acceptors (Lipinski definition) is 6. The molecule has 6 nitrogen and oxygen atoms in total. The summed E-state index contributed by atoms with van der Waals surface area (Å²) in [7, 11) is 1.17. The van der Waals surface area contributed by atoms with Crippen LogP contribution < -0.4 is 11.1 Å². The molecule has 0 saturated carbocycles. The predicted octanol–water partition coefficient (Wildman–Crippen LogP) is 1.93. The van der Waals surface area contributed by atoms with Crippen molar-refractivity contribution >= 4 is 29.0 Å². The van der Waals surface area contributed by atoms with Gasteiger partial charge in [-0.25, -0.2) is 8.78 Å². The van der Waals surface area contributed by atoms with Gasteiger partial charge < -0.3 is 15.8 Å². The van der Waals surface area contributed by atoms with E-state index >= 15 is 0 Å². The lowest BCUT2D eigenvalue weighted by molar-refractivity contribution is -0.144. The van der Waals surface area contributed by atoms with E-state index in [1.165, 1.54) is 25.4 Å². The molecule has 1 heterocycles. The molecule has 0 spiro atoms. The molecule has 0 fully saturated rings. The van der Waals surface area contributed by atoms with Crippen LogP contribution in [0.2, 0.25) is 0 Å². The van der Waals surface area contributed by atoms with Gasteiger partial charge in [-0.2, -0.15) is 0 Å². The van der Waals surface area contributed by atoms with Crippen molar-refractivity contribution in [2.24, 2.45) is 5.73 Å². The van der Waals surface area contributed by atoms with Crippen LogP contribution in [0.1, 0.15) is 23.3 Å². The molecule has 0 bridgehead atoms. The van der Waals surface area contributed by atoms with Gasteiger partial charge in [0.1, 0.15) is 17.7 Å². The second kappa shape index (κ2) is 9.52. The molecule has 0 aliphatic heterocycles. The first kappa shape index (κ1) is 21.6. The summed E-state index contributed by atoms with van der Waals surface area (Å²) in [5.74, 6) is -4.40. The highest BCUT2D eigenvalue weighted by atomic mass is 32.1. The lowest BCUT2D eigenvalue weighted by Crippen LogP contribution is -2.48. The van der Waals surface area contributed by atoms with E-state index in [1.54, 1.807) is 17.5 Å². The van der Waals surface area contributed by atoms with Gasteiger partial charge in [-0.1, -0.05) is 6.07 Å². The van der Waals surface area contributed by atoms with Crippen LogP contribution in [-0.2, 0) is 25.5 Å². The Labute approximate surface area is 164 Å². The van der Waals surface area contributed by atoms with Gasteiger partial charge in [-0.15, -0.1) is 11.3 Å². The average Bonchev–Trinajstić information content (AvgIpc) is 3.13. The van der Waals surface area contributed by atoms with E-state index in [2.05, 4.69) is 10.1 Å². The average molecular weight is 410 g/mol. The second-order valence-electron chi connectivity index (χ2n) is 6.19. The van der Waals surface area contributed by atoms with Gasteiger partial charge in [0.15, 0.2) is 5.78 Å². The third-order valence-electron chi connectivity index (χ3n) is 4.08. The number of ketones is 1. The minimum absolute atomic E-state index is 0.135. The van der Waals surface area contributed by atoms with Gasteiger partial charge in [-0.3, -0.25) is 14.4 Å². The highest BCUT2D eigenvalue weighted by molar-refractivity contribution is 7.10. The first-order valence-electron chi connectivity index (χ1n) is 8.37. The van der Waals surface area contributed by atoms with Crippen LogP contribution >= 0.6 is 11.3 Å². The smallest absolute Gasteiger partial charge is 0.323 e. The molecule has 1 aromatic heterocycles. The van der Waals surface area contributed by atoms with Gasteiger partial charge in [-0.05, 0) is 36.1 Å². The lowest BCUT2D eigenvalue weighted by atomic mass is 9.90. The Hall–Kier alpha value is -2.65. The lowest BCUT2D eigenvalue weighted by Gasteiger charge is -2.23. The summed E-state index contributed by atoms with van der Waals surface area (Å²) in [6.07, 6.45) is -0.307. The molecular formula is C19H20F2N2O4S. The Balaban J connectivity index is 2.11. The third kappa shape index (κ3) is 5.43. The molecular weight excluding hydrogens is 390 g/mol. The maximum absolute atomic E-state index is 13.2. The maximum atomic E-state index is 13.2. The molecule has 1 aromatic carbocycles. The third-order valence-corrected chi connectivity index (χ3v) is 5.04. The first-order chi connectivity index (χ1) is 13.2. The highest BCUT2D eigenvalue weighted by Crippen LogP contribution is 2.26. The molecule has 0 saturated heterocycles. The molecule has 0 aliphatic rings. The summed E-state index contributed by atoms with van der Waals surface area (Å²) in [6, 6.07) is 3.95. The van der Waals surface area contributed by atoms with Crippen LogP contribution in [0.5, 0.6) is 0 Å². The first-order valence-corrected chi connectivity index (χ1v) is 9.25. The van der Waals surface area contributed by atoms with Crippen molar-refractivity contribution in [1.82, 2.24) is 5.32 Å². The number of nitrogens with one attached hydrogen (secondary N) is 1. The van der Waals surface area contributed by atoms with E-state index in [9.17, 15) is 23.2 Å². The zero-order valence-electron chi connectivity index (χ0n) is 15.3. The molecule has 9 heteroatoms. The van der Waals surface area contributed by atoms with Crippen molar-refractivity contribution in [1.29, 1.82) is 0 Å². The number of carbonyl (C=O) groups is 3. The maximum Gasteiger partial charge on any atom is 0.323 e. The molecule has 2 aromatic rings.